The van der Waals surface area contributed by atoms with E-state index in [0.717, 1.165) is 35.5 Å². The Labute approximate surface area is 122 Å². The van der Waals surface area contributed by atoms with Crippen molar-refractivity contribution in [1.29, 1.82) is 0 Å². The Hall–Kier alpha value is -2.36. The van der Waals surface area contributed by atoms with Crippen molar-refractivity contribution >= 4 is 22.4 Å². The van der Waals surface area contributed by atoms with Crippen molar-refractivity contribution in [2.24, 2.45) is 0 Å². The van der Waals surface area contributed by atoms with E-state index in [1.165, 1.54) is 19.3 Å². The van der Waals surface area contributed by atoms with E-state index in [0.29, 0.717) is 0 Å². The summed E-state index contributed by atoms with van der Waals surface area (Å²) in [5, 5.41) is 1.06. The molecule has 2 aromatic heterocycles. The number of benzene rings is 1. The molecule has 1 saturated heterocycles. The predicted octanol–water partition coefficient (Wildman–Crippen LogP) is 2.84. The third-order valence-corrected chi connectivity index (χ3v) is 4.20. The summed E-state index contributed by atoms with van der Waals surface area (Å²) in [7, 11) is 0. The van der Waals surface area contributed by atoms with E-state index >= 15 is 0 Å². The Bertz CT molecular complexity index is 863. The maximum Gasteiger partial charge on any atom is 0.260 e. The van der Waals surface area contributed by atoms with Crippen molar-refractivity contribution in [2.75, 3.05) is 18.0 Å². The van der Waals surface area contributed by atoms with Gasteiger partial charge in [-0.25, -0.2) is 4.98 Å². The third kappa shape index (κ3) is 2.07. The van der Waals surface area contributed by atoms with Crippen LogP contribution in [0.2, 0.25) is 0 Å². The summed E-state index contributed by atoms with van der Waals surface area (Å²) in [6, 6.07) is 13.5. The highest BCUT2D eigenvalue weighted by Crippen LogP contribution is 2.19. The van der Waals surface area contributed by atoms with E-state index in [9.17, 15) is 4.79 Å². The number of anilines is 1. The largest absolute Gasteiger partial charge is 0.356 e. The number of rotatable bonds is 1. The normalized spacial score (nSPS) is 15.7. The molecule has 106 valence electrons. The van der Waals surface area contributed by atoms with Gasteiger partial charge in [-0.1, -0.05) is 18.2 Å². The standard InChI is InChI=1S/C17H17N3O/c21-17-12-16(19-10-4-1-5-11-19)18-15-9-8-13-6-2-3-7-14(13)20(15)17/h2-3,6-9,12H,1,4-5,10-11H2. The van der Waals surface area contributed by atoms with Crippen LogP contribution in [0, 0.1) is 0 Å². The van der Waals surface area contributed by atoms with Gasteiger partial charge in [0.25, 0.3) is 5.56 Å². The summed E-state index contributed by atoms with van der Waals surface area (Å²) in [5.74, 6) is 0.815. The maximum atomic E-state index is 12.6. The lowest BCUT2D eigenvalue weighted by molar-refractivity contribution is 0.573. The SMILES string of the molecule is O=c1cc(N2CCCCC2)nc2ccc3ccccc3n12. The Morgan fingerprint density at radius 1 is 0.952 bits per heavy atom. The number of aromatic nitrogens is 2. The topological polar surface area (TPSA) is 37.6 Å². The van der Waals surface area contributed by atoms with Gasteiger partial charge in [-0.3, -0.25) is 9.20 Å². The molecule has 1 aliphatic rings. The van der Waals surface area contributed by atoms with Crippen molar-refractivity contribution < 1.29 is 0 Å². The lowest BCUT2D eigenvalue weighted by Gasteiger charge is -2.27. The second kappa shape index (κ2) is 4.88. The molecule has 0 aliphatic carbocycles. The van der Waals surface area contributed by atoms with Crippen LogP contribution in [0.25, 0.3) is 16.6 Å². The van der Waals surface area contributed by atoms with E-state index in [1.807, 2.05) is 36.4 Å². The molecular formula is C17H17N3O. The number of piperidine rings is 1. The molecule has 1 aliphatic heterocycles. The molecule has 0 atom stereocenters. The molecule has 0 amide bonds. The second-order valence-electron chi connectivity index (χ2n) is 5.59. The van der Waals surface area contributed by atoms with Crippen molar-refractivity contribution in [3.63, 3.8) is 0 Å². The molecule has 3 aromatic rings. The minimum absolute atomic E-state index is 0.00243. The highest BCUT2D eigenvalue weighted by Gasteiger charge is 2.14. The van der Waals surface area contributed by atoms with E-state index in [2.05, 4.69) is 4.90 Å². The maximum absolute atomic E-state index is 12.6. The first-order valence-electron chi connectivity index (χ1n) is 7.49. The average Bonchev–Trinajstić information content (AvgIpc) is 2.55. The fraction of sp³-hybridized carbons (Fsp3) is 0.294. The zero-order chi connectivity index (χ0) is 14.2. The van der Waals surface area contributed by atoms with Gasteiger partial charge >= 0.3 is 0 Å². The lowest BCUT2D eigenvalue weighted by Crippen LogP contribution is -2.31. The van der Waals surface area contributed by atoms with Crippen molar-refractivity contribution in [2.45, 2.75) is 19.3 Å². The van der Waals surface area contributed by atoms with Gasteiger partial charge in [-0.2, -0.15) is 0 Å². The zero-order valence-corrected chi connectivity index (χ0v) is 11.8. The Balaban J connectivity index is 1.94. The van der Waals surface area contributed by atoms with Gasteiger partial charge in [-0.15, -0.1) is 0 Å². The van der Waals surface area contributed by atoms with Gasteiger partial charge in [0.15, 0.2) is 0 Å². The van der Waals surface area contributed by atoms with Gasteiger partial charge in [0, 0.05) is 19.2 Å². The predicted molar refractivity (Wildman–Crippen MR) is 85.0 cm³/mol. The number of nitrogens with zero attached hydrogens (tertiary/aromatic N) is 3. The van der Waals surface area contributed by atoms with Gasteiger partial charge in [0.05, 0.1) is 5.52 Å². The van der Waals surface area contributed by atoms with Crippen LogP contribution in [0.4, 0.5) is 5.82 Å². The highest BCUT2D eigenvalue weighted by molar-refractivity contribution is 5.81. The van der Waals surface area contributed by atoms with Crippen LogP contribution in [-0.4, -0.2) is 22.5 Å². The fourth-order valence-corrected chi connectivity index (χ4v) is 3.12. The van der Waals surface area contributed by atoms with E-state index in [1.54, 1.807) is 10.5 Å². The molecular weight excluding hydrogens is 262 g/mol. The van der Waals surface area contributed by atoms with Crippen molar-refractivity contribution in [3.05, 3.63) is 52.8 Å². The first kappa shape index (κ1) is 12.4. The number of hydrogen-bond acceptors (Lipinski definition) is 3. The quantitative estimate of drug-likeness (QED) is 0.643. The van der Waals surface area contributed by atoms with Crippen LogP contribution >= 0.6 is 0 Å². The Kier molecular flexibility index (Phi) is 2.88. The minimum atomic E-state index is -0.00243. The molecule has 0 spiro atoms. The van der Waals surface area contributed by atoms with Gasteiger partial charge < -0.3 is 4.90 Å². The minimum Gasteiger partial charge on any atom is -0.356 e. The number of fused-ring (bicyclic) bond motifs is 3. The summed E-state index contributed by atoms with van der Waals surface area (Å²) < 4.78 is 1.70. The van der Waals surface area contributed by atoms with E-state index in [-0.39, 0.29) is 5.56 Å². The highest BCUT2D eigenvalue weighted by atomic mass is 16.1. The molecule has 1 fully saturated rings. The van der Waals surface area contributed by atoms with E-state index in [4.69, 9.17) is 4.98 Å². The first-order valence-corrected chi connectivity index (χ1v) is 7.49. The van der Waals surface area contributed by atoms with Crippen LogP contribution < -0.4 is 10.5 Å². The molecule has 0 radical (unpaired) electrons. The molecule has 0 unspecified atom stereocenters. The molecule has 0 saturated carbocycles. The molecule has 0 bridgehead atoms. The summed E-state index contributed by atoms with van der Waals surface area (Å²) in [6.07, 6.45) is 3.63. The van der Waals surface area contributed by atoms with Crippen molar-refractivity contribution in [1.82, 2.24) is 9.38 Å². The molecule has 0 N–H and O–H groups in total. The number of para-hydroxylation sites is 1. The number of pyridine rings is 1. The summed E-state index contributed by atoms with van der Waals surface area (Å²) in [5.41, 5.74) is 1.64. The second-order valence-corrected chi connectivity index (χ2v) is 5.59. The summed E-state index contributed by atoms with van der Waals surface area (Å²) in [6.45, 7) is 1.99. The number of hydrogen-bond donors (Lipinski definition) is 0. The zero-order valence-electron chi connectivity index (χ0n) is 11.8. The fourth-order valence-electron chi connectivity index (χ4n) is 3.12. The van der Waals surface area contributed by atoms with Crippen LogP contribution in [0.5, 0.6) is 0 Å². The average molecular weight is 279 g/mol. The van der Waals surface area contributed by atoms with E-state index < -0.39 is 0 Å². The first-order chi connectivity index (χ1) is 10.3. The monoisotopic (exact) mass is 279 g/mol. The van der Waals surface area contributed by atoms with Gasteiger partial charge in [-0.05, 0) is 42.8 Å². The molecule has 3 heterocycles. The Morgan fingerprint density at radius 3 is 2.62 bits per heavy atom. The van der Waals surface area contributed by atoms with Crippen LogP contribution in [0.15, 0.2) is 47.3 Å². The molecule has 21 heavy (non-hydrogen) atoms. The third-order valence-electron chi connectivity index (χ3n) is 4.20. The molecule has 4 rings (SSSR count). The van der Waals surface area contributed by atoms with Crippen LogP contribution in [-0.2, 0) is 0 Å². The Morgan fingerprint density at radius 2 is 1.76 bits per heavy atom. The smallest absolute Gasteiger partial charge is 0.260 e. The van der Waals surface area contributed by atoms with Crippen LogP contribution in [0.1, 0.15) is 19.3 Å². The lowest BCUT2D eigenvalue weighted by atomic mass is 10.1. The van der Waals surface area contributed by atoms with Gasteiger partial charge in [0.2, 0.25) is 0 Å². The van der Waals surface area contributed by atoms with Gasteiger partial charge in [0.1, 0.15) is 11.5 Å². The molecule has 4 heteroatoms. The summed E-state index contributed by atoms with van der Waals surface area (Å²) in [4.78, 5) is 19.5. The van der Waals surface area contributed by atoms with Crippen molar-refractivity contribution in [3.8, 4) is 0 Å². The van der Waals surface area contributed by atoms with Crippen LogP contribution in [0.3, 0.4) is 0 Å². The summed E-state index contributed by atoms with van der Waals surface area (Å²) >= 11 is 0. The molecule has 4 nitrogen and oxygen atoms in total. The molecule has 1 aromatic carbocycles.